The van der Waals surface area contributed by atoms with Crippen molar-refractivity contribution in [3.05, 3.63) is 29.8 Å². The van der Waals surface area contributed by atoms with Gasteiger partial charge in [-0.1, -0.05) is 32.9 Å². The molecule has 1 N–H and O–H groups in total. The number of nitrogens with zero attached hydrogens (tertiary/aromatic N) is 2. The second-order valence-electron chi connectivity index (χ2n) is 7.82. The topological polar surface area (TPSA) is 61.9 Å². The van der Waals surface area contributed by atoms with Crippen LogP contribution >= 0.6 is 0 Å². The van der Waals surface area contributed by atoms with E-state index < -0.39 is 0 Å². The number of nitrogens with one attached hydrogen (secondary N) is 1. The first-order valence-corrected chi connectivity index (χ1v) is 9.16. The number of piperazine rings is 1. The maximum absolute atomic E-state index is 12.5. The van der Waals surface area contributed by atoms with Crippen molar-refractivity contribution < 1.29 is 14.3 Å². The van der Waals surface area contributed by atoms with Gasteiger partial charge in [-0.3, -0.25) is 14.5 Å². The van der Waals surface area contributed by atoms with E-state index in [1.807, 2.05) is 56.9 Å². The van der Waals surface area contributed by atoms with E-state index in [2.05, 4.69) is 10.2 Å². The van der Waals surface area contributed by atoms with Gasteiger partial charge in [0.2, 0.25) is 11.8 Å². The number of methoxy groups -OCH3 is 1. The normalized spacial score (nSPS) is 16.9. The molecule has 1 aliphatic heterocycles. The van der Waals surface area contributed by atoms with E-state index in [4.69, 9.17) is 4.74 Å². The Labute approximate surface area is 156 Å². The summed E-state index contributed by atoms with van der Waals surface area (Å²) in [6.07, 6.45) is 0. The van der Waals surface area contributed by atoms with Gasteiger partial charge < -0.3 is 15.0 Å². The third-order valence-electron chi connectivity index (χ3n) is 4.77. The fourth-order valence-corrected chi connectivity index (χ4v) is 3.07. The Kier molecular flexibility index (Phi) is 6.64. The minimum Gasteiger partial charge on any atom is -0.497 e. The highest BCUT2D eigenvalue weighted by Crippen LogP contribution is 2.19. The molecule has 0 aliphatic carbocycles. The van der Waals surface area contributed by atoms with Gasteiger partial charge in [-0.25, -0.2) is 0 Å². The van der Waals surface area contributed by atoms with Gasteiger partial charge in [-0.05, 0) is 24.6 Å². The molecule has 0 saturated carbocycles. The van der Waals surface area contributed by atoms with Crippen molar-refractivity contribution in [3.8, 4) is 5.75 Å². The maximum Gasteiger partial charge on any atom is 0.237 e. The smallest absolute Gasteiger partial charge is 0.237 e. The molecule has 1 aromatic rings. The first-order valence-electron chi connectivity index (χ1n) is 9.16. The number of carbonyl (C=O) groups excluding carboxylic acids is 2. The first-order chi connectivity index (χ1) is 12.2. The van der Waals surface area contributed by atoms with E-state index in [-0.39, 0.29) is 23.3 Å². The summed E-state index contributed by atoms with van der Waals surface area (Å²) in [6.45, 7) is 11.0. The zero-order valence-electron chi connectivity index (χ0n) is 16.5. The van der Waals surface area contributed by atoms with Crippen LogP contribution in [-0.4, -0.2) is 60.9 Å². The highest BCUT2D eigenvalue weighted by molar-refractivity contribution is 5.82. The second-order valence-corrected chi connectivity index (χ2v) is 7.82. The quantitative estimate of drug-likeness (QED) is 0.870. The van der Waals surface area contributed by atoms with Crippen molar-refractivity contribution in [3.63, 3.8) is 0 Å². The van der Waals surface area contributed by atoms with E-state index in [0.717, 1.165) is 24.4 Å². The number of ether oxygens (including phenoxy) is 1. The number of benzene rings is 1. The number of amides is 2. The van der Waals surface area contributed by atoms with Gasteiger partial charge in [0.15, 0.2) is 0 Å². The summed E-state index contributed by atoms with van der Waals surface area (Å²) in [7, 11) is 1.63. The van der Waals surface area contributed by atoms with Gasteiger partial charge in [0.1, 0.15) is 5.75 Å². The van der Waals surface area contributed by atoms with Gasteiger partial charge in [0.25, 0.3) is 0 Å². The minimum atomic E-state index is -0.359. The summed E-state index contributed by atoms with van der Waals surface area (Å²) in [5.74, 6) is 0.958. The molecule has 1 unspecified atom stereocenters. The van der Waals surface area contributed by atoms with Gasteiger partial charge in [0.05, 0.1) is 13.2 Å². The Bertz CT molecular complexity index is 631. The molecule has 0 bridgehead atoms. The molecule has 1 aromatic carbocycles. The van der Waals surface area contributed by atoms with Crippen LogP contribution in [0.25, 0.3) is 0 Å². The molecule has 6 nitrogen and oxygen atoms in total. The third-order valence-corrected chi connectivity index (χ3v) is 4.77. The molecule has 0 radical (unpaired) electrons. The van der Waals surface area contributed by atoms with Crippen LogP contribution in [0.5, 0.6) is 5.75 Å². The molecule has 0 aromatic heterocycles. The summed E-state index contributed by atoms with van der Waals surface area (Å²) in [6, 6.07) is 7.46. The Hall–Kier alpha value is -2.08. The number of rotatable bonds is 5. The largest absolute Gasteiger partial charge is 0.497 e. The van der Waals surface area contributed by atoms with Gasteiger partial charge >= 0.3 is 0 Å². The molecule has 0 spiro atoms. The van der Waals surface area contributed by atoms with Gasteiger partial charge in [0, 0.05) is 38.1 Å². The predicted molar refractivity (Wildman–Crippen MR) is 102 cm³/mol. The van der Waals surface area contributed by atoms with E-state index >= 15 is 0 Å². The van der Waals surface area contributed by atoms with Crippen molar-refractivity contribution in [2.45, 2.75) is 40.3 Å². The number of hydrogen-bond donors (Lipinski definition) is 1. The minimum absolute atomic E-state index is 0.00316. The number of hydrogen-bond acceptors (Lipinski definition) is 4. The molecule has 1 saturated heterocycles. The Morgan fingerprint density at radius 3 is 2.42 bits per heavy atom. The highest BCUT2D eigenvalue weighted by atomic mass is 16.5. The molecule has 1 atom stereocenters. The summed E-state index contributed by atoms with van der Waals surface area (Å²) in [5.41, 5.74) is 0.646. The molecular weight excluding hydrogens is 330 g/mol. The number of carbonyl (C=O) groups is 2. The monoisotopic (exact) mass is 361 g/mol. The van der Waals surface area contributed by atoms with E-state index in [9.17, 15) is 9.59 Å². The van der Waals surface area contributed by atoms with E-state index in [0.29, 0.717) is 19.6 Å². The van der Waals surface area contributed by atoms with E-state index in [1.165, 1.54) is 0 Å². The molecule has 1 fully saturated rings. The van der Waals surface area contributed by atoms with Crippen LogP contribution in [0.15, 0.2) is 24.3 Å². The highest BCUT2D eigenvalue weighted by Gasteiger charge is 2.32. The van der Waals surface area contributed by atoms with Crippen LogP contribution in [0.1, 0.15) is 33.3 Å². The van der Waals surface area contributed by atoms with Crippen LogP contribution in [0, 0.1) is 5.41 Å². The molecule has 1 aliphatic rings. The van der Waals surface area contributed by atoms with Crippen molar-refractivity contribution in [1.29, 1.82) is 0 Å². The Morgan fingerprint density at radius 1 is 1.19 bits per heavy atom. The molecular formula is C20H31N3O3. The Morgan fingerprint density at radius 2 is 1.85 bits per heavy atom. The maximum atomic E-state index is 12.5. The lowest BCUT2D eigenvalue weighted by Gasteiger charge is -2.39. The standard InChI is InChI=1S/C20H31N3O3/c1-15(18(24)21-14-16-7-6-8-17(13-16)26-5)22-9-11-23(12-10-22)19(25)20(2,3)4/h6-8,13,15H,9-12,14H2,1-5H3,(H,21,24). The van der Waals surface area contributed by atoms with Crippen molar-refractivity contribution in [2.24, 2.45) is 5.41 Å². The van der Waals surface area contributed by atoms with Crippen LogP contribution < -0.4 is 10.1 Å². The molecule has 1 heterocycles. The zero-order chi connectivity index (χ0) is 19.3. The zero-order valence-corrected chi connectivity index (χ0v) is 16.5. The molecule has 26 heavy (non-hydrogen) atoms. The predicted octanol–water partition coefficient (Wildman–Crippen LogP) is 1.89. The summed E-state index contributed by atoms with van der Waals surface area (Å²) in [4.78, 5) is 28.9. The molecule has 6 heteroatoms. The van der Waals surface area contributed by atoms with Crippen molar-refractivity contribution in [2.75, 3.05) is 33.3 Å². The average molecular weight is 361 g/mol. The summed E-state index contributed by atoms with van der Waals surface area (Å²) in [5, 5.41) is 2.99. The van der Waals surface area contributed by atoms with Crippen molar-refractivity contribution in [1.82, 2.24) is 15.1 Å². The van der Waals surface area contributed by atoms with Crippen LogP contribution in [0.3, 0.4) is 0 Å². The van der Waals surface area contributed by atoms with E-state index in [1.54, 1.807) is 7.11 Å². The second kappa shape index (κ2) is 8.54. The lowest BCUT2D eigenvalue weighted by atomic mass is 9.94. The third kappa shape index (κ3) is 5.21. The van der Waals surface area contributed by atoms with Gasteiger partial charge in [-0.15, -0.1) is 0 Å². The van der Waals surface area contributed by atoms with Crippen LogP contribution in [0.2, 0.25) is 0 Å². The molecule has 2 amide bonds. The molecule has 144 valence electrons. The van der Waals surface area contributed by atoms with Crippen molar-refractivity contribution >= 4 is 11.8 Å². The summed E-state index contributed by atoms with van der Waals surface area (Å²) < 4.78 is 5.20. The fourth-order valence-electron chi connectivity index (χ4n) is 3.07. The molecule has 2 rings (SSSR count). The first kappa shape index (κ1) is 20.2. The average Bonchev–Trinajstić information content (AvgIpc) is 2.64. The van der Waals surface area contributed by atoms with Gasteiger partial charge in [-0.2, -0.15) is 0 Å². The SMILES string of the molecule is COc1cccc(CNC(=O)C(C)N2CCN(C(=O)C(C)(C)C)CC2)c1. The van der Waals surface area contributed by atoms with Crippen LogP contribution in [0.4, 0.5) is 0 Å². The lowest BCUT2D eigenvalue weighted by molar-refractivity contribution is -0.142. The fraction of sp³-hybridized carbons (Fsp3) is 0.600. The van der Waals surface area contributed by atoms with Crippen LogP contribution in [-0.2, 0) is 16.1 Å². The summed E-state index contributed by atoms with van der Waals surface area (Å²) >= 11 is 0. The lowest BCUT2D eigenvalue weighted by Crippen LogP contribution is -2.56. The Balaban J connectivity index is 1.82.